The number of barbiturate groups is 1. The molecule has 0 spiro atoms. The Morgan fingerprint density at radius 2 is 1.79 bits per heavy atom. The quantitative estimate of drug-likeness (QED) is 0.836. The Morgan fingerprint density at radius 1 is 1.16 bits per heavy atom. The highest BCUT2D eigenvalue weighted by molar-refractivity contribution is 6.22. The zero-order chi connectivity index (χ0) is 14.0. The van der Waals surface area contributed by atoms with Crippen LogP contribution in [0.2, 0.25) is 0 Å². The van der Waals surface area contributed by atoms with Crippen molar-refractivity contribution in [2.75, 3.05) is 7.05 Å². The highest BCUT2D eigenvalue weighted by Crippen LogP contribution is 2.34. The zero-order valence-electron chi connectivity index (χ0n) is 11.0. The van der Waals surface area contributed by atoms with E-state index in [2.05, 4.69) is 5.32 Å². The molecule has 100 valence electrons. The van der Waals surface area contributed by atoms with E-state index in [9.17, 15) is 14.4 Å². The summed E-state index contributed by atoms with van der Waals surface area (Å²) in [5.74, 6) is -0.997. The highest BCUT2D eigenvalue weighted by Gasteiger charge is 2.53. The molecule has 0 aliphatic carbocycles. The number of hydrogen-bond donors (Lipinski definition) is 1. The first-order chi connectivity index (χ1) is 9.04. The van der Waals surface area contributed by atoms with Gasteiger partial charge in [-0.25, -0.2) is 4.79 Å². The third-order valence-electron chi connectivity index (χ3n) is 3.47. The largest absolute Gasteiger partial charge is 0.330 e. The van der Waals surface area contributed by atoms with Gasteiger partial charge in [0.1, 0.15) is 0 Å². The first-order valence-corrected chi connectivity index (χ1v) is 6.23. The lowest BCUT2D eigenvalue weighted by Gasteiger charge is -2.38. The van der Waals surface area contributed by atoms with Crippen molar-refractivity contribution in [2.45, 2.75) is 25.2 Å². The summed E-state index contributed by atoms with van der Waals surface area (Å²) in [6, 6.07) is 8.21. The Labute approximate surface area is 111 Å². The minimum atomic E-state index is -1.29. The molecule has 1 N–H and O–H groups in total. The number of rotatable bonds is 3. The highest BCUT2D eigenvalue weighted by atomic mass is 16.2. The topological polar surface area (TPSA) is 66.5 Å². The molecule has 0 radical (unpaired) electrons. The van der Waals surface area contributed by atoms with Crippen LogP contribution in [0.5, 0.6) is 0 Å². The van der Waals surface area contributed by atoms with Crippen LogP contribution < -0.4 is 5.32 Å². The normalized spacial score (nSPS) is 23.5. The van der Waals surface area contributed by atoms with Crippen LogP contribution in [0.15, 0.2) is 30.3 Å². The van der Waals surface area contributed by atoms with Gasteiger partial charge in [0.2, 0.25) is 5.91 Å². The summed E-state index contributed by atoms with van der Waals surface area (Å²) in [5.41, 5.74) is -0.669. The van der Waals surface area contributed by atoms with E-state index in [1.165, 1.54) is 7.05 Å². The van der Waals surface area contributed by atoms with E-state index >= 15 is 0 Å². The van der Waals surface area contributed by atoms with Crippen LogP contribution >= 0.6 is 0 Å². The number of urea groups is 1. The Morgan fingerprint density at radius 3 is 2.37 bits per heavy atom. The van der Waals surface area contributed by atoms with Gasteiger partial charge in [0, 0.05) is 7.05 Å². The van der Waals surface area contributed by atoms with Gasteiger partial charge in [0.25, 0.3) is 5.91 Å². The van der Waals surface area contributed by atoms with Gasteiger partial charge >= 0.3 is 6.03 Å². The number of amides is 4. The number of nitrogens with one attached hydrogen (secondary N) is 1. The first-order valence-electron chi connectivity index (χ1n) is 6.23. The fourth-order valence-corrected chi connectivity index (χ4v) is 2.48. The fraction of sp³-hybridized carbons (Fsp3) is 0.357. The van der Waals surface area contributed by atoms with Crippen LogP contribution in [0.3, 0.4) is 0 Å². The minimum absolute atomic E-state index is 0.374. The van der Waals surface area contributed by atoms with Gasteiger partial charge in [-0.3, -0.25) is 19.8 Å². The maximum absolute atomic E-state index is 12.5. The van der Waals surface area contributed by atoms with Crippen molar-refractivity contribution in [2.24, 2.45) is 0 Å². The lowest BCUT2D eigenvalue weighted by atomic mass is 9.73. The summed E-state index contributed by atoms with van der Waals surface area (Å²) < 4.78 is 0. The molecule has 0 aromatic heterocycles. The summed E-state index contributed by atoms with van der Waals surface area (Å²) in [4.78, 5) is 37.3. The van der Waals surface area contributed by atoms with Gasteiger partial charge in [-0.2, -0.15) is 0 Å². The molecule has 19 heavy (non-hydrogen) atoms. The van der Waals surface area contributed by atoms with E-state index in [1.54, 1.807) is 24.3 Å². The summed E-state index contributed by atoms with van der Waals surface area (Å²) in [7, 11) is 1.39. The predicted octanol–water partition coefficient (Wildman–Crippen LogP) is 1.43. The Balaban J connectivity index is 2.58. The van der Waals surface area contributed by atoms with Crippen LogP contribution in [0.1, 0.15) is 25.3 Å². The predicted molar refractivity (Wildman–Crippen MR) is 69.3 cm³/mol. The van der Waals surface area contributed by atoms with Gasteiger partial charge in [-0.05, 0) is 12.0 Å². The molecule has 4 amide bonds. The van der Waals surface area contributed by atoms with E-state index < -0.39 is 23.3 Å². The van der Waals surface area contributed by atoms with E-state index in [-0.39, 0.29) is 0 Å². The SMILES string of the molecule is CCC[C@]1(c2ccccc2)C(=O)NC(=O)N(C)C1=O. The molecule has 1 aromatic carbocycles. The average Bonchev–Trinajstić information content (AvgIpc) is 2.42. The van der Waals surface area contributed by atoms with Crippen molar-refractivity contribution >= 4 is 17.8 Å². The molecular formula is C14H16N2O3. The number of hydrogen-bond acceptors (Lipinski definition) is 3. The molecule has 0 bridgehead atoms. The third kappa shape index (κ3) is 1.91. The molecule has 1 saturated heterocycles. The monoisotopic (exact) mass is 260 g/mol. The lowest BCUT2D eigenvalue weighted by molar-refractivity contribution is -0.145. The molecule has 5 heteroatoms. The van der Waals surface area contributed by atoms with Crippen LogP contribution in [0.25, 0.3) is 0 Å². The fourth-order valence-electron chi connectivity index (χ4n) is 2.48. The zero-order valence-corrected chi connectivity index (χ0v) is 11.0. The second kappa shape index (κ2) is 4.84. The molecule has 2 rings (SSSR count). The standard InChI is InChI=1S/C14H16N2O3/c1-3-9-14(10-7-5-4-6-8-10)11(17)15-13(19)16(2)12(14)18/h4-8H,3,9H2,1-2H3,(H,15,17,19)/t14-/m0/s1. The number of nitrogens with zero attached hydrogens (tertiary/aromatic N) is 1. The van der Waals surface area contributed by atoms with Crippen LogP contribution in [0.4, 0.5) is 4.79 Å². The molecule has 1 atom stereocenters. The van der Waals surface area contributed by atoms with Crippen molar-refractivity contribution in [3.8, 4) is 0 Å². The lowest BCUT2D eigenvalue weighted by Crippen LogP contribution is -2.64. The summed E-state index contributed by atoms with van der Waals surface area (Å²) in [6.07, 6.45) is 1.04. The number of likely N-dealkylation sites (N-methyl/N-ethyl adjacent to an activating group) is 1. The van der Waals surface area contributed by atoms with Gasteiger partial charge in [0.05, 0.1) is 0 Å². The van der Waals surface area contributed by atoms with Crippen molar-refractivity contribution in [3.63, 3.8) is 0 Å². The van der Waals surface area contributed by atoms with Crippen molar-refractivity contribution < 1.29 is 14.4 Å². The molecule has 1 aliphatic heterocycles. The molecular weight excluding hydrogens is 244 g/mol. The van der Waals surface area contributed by atoms with Crippen LogP contribution in [-0.2, 0) is 15.0 Å². The summed E-state index contributed by atoms with van der Waals surface area (Å²) in [5, 5.41) is 2.26. The van der Waals surface area contributed by atoms with Crippen molar-refractivity contribution in [1.29, 1.82) is 0 Å². The number of imide groups is 2. The molecule has 0 saturated carbocycles. The Kier molecular flexibility index (Phi) is 3.38. The summed E-state index contributed by atoms with van der Waals surface area (Å²) >= 11 is 0. The van der Waals surface area contributed by atoms with Crippen LogP contribution in [-0.4, -0.2) is 29.8 Å². The smallest absolute Gasteiger partial charge is 0.276 e. The first kappa shape index (κ1) is 13.3. The van der Waals surface area contributed by atoms with Crippen molar-refractivity contribution in [1.82, 2.24) is 10.2 Å². The van der Waals surface area contributed by atoms with Crippen LogP contribution in [0, 0.1) is 0 Å². The van der Waals surface area contributed by atoms with E-state index in [1.807, 2.05) is 13.0 Å². The maximum atomic E-state index is 12.5. The minimum Gasteiger partial charge on any atom is -0.276 e. The summed E-state index contributed by atoms with van der Waals surface area (Å²) in [6.45, 7) is 1.90. The molecule has 1 aromatic rings. The molecule has 5 nitrogen and oxygen atoms in total. The maximum Gasteiger partial charge on any atom is 0.330 e. The van der Waals surface area contributed by atoms with Crippen molar-refractivity contribution in [3.05, 3.63) is 35.9 Å². The number of benzene rings is 1. The van der Waals surface area contributed by atoms with E-state index in [4.69, 9.17) is 0 Å². The van der Waals surface area contributed by atoms with E-state index in [0.717, 1.165) is 4.90 Å². The molecule has 1 heterocycles. The molecule has 1 aliphatic rings. The average molecular weight is 260 g/mol. The number of carbonyl (C=O) groups excluding carboxylic acids is 3. The Bertz CT molecular complexity index is 527. The van der Waals surface area contributed by atoms with E-state index in [0.29, 0.717) is 18.4 Å². The van der Waals surface area contributed by atoms with Gasteiger partial charge in [-0.1, -0.05) is 43.7 Å². The van der Waals surface area contributed by atoms with Gasteiger partial charge in [-0.15, -0.1) is 0 Å². The second-order valence-electron chi connectivity index (χ2n) is 4.64. The van der Waals surface area contributed by atoms with Gasteiger partial charge < -0.3 is 0 Å². The Hall–Kier alpha value is -2.17. The number of carbonyl (C=O) groups is 3. The molecule has 1 fully saturated rings. The second-order valence-corrected chi connectivity index (χ2v) is 4.64. The third-order valence-corrected chi connectivity index (χ3v) is 3.47. The van der Waals surface area contributed by atoms with Gasteiger partial charge in [0.15, 0.2) is 5.41 Å². The molecule has 0 unspecified atom stereocenters.